The van der Waals surface area contributed by atoms with Gasteiger partial charge in [-0.15, -0.1) is 0 Å². The lowest BCUT2D eigenvalue weighted by molar-refractivity contribution is -0.137. The Labute approximate surface area is 156 Å². The van der Waals surface area contributed by atoms with Crippen LogP contribution in [0.1, 0.15) is 27.5 Å². The van der Waals surface area contributed by atoms with E-state index in [4.69, 9.17) is 0 Å². The van der Waals surface area contributed by atoms with Crippen LogP contribution in [-0.4, -0.2) is 42.4 Å². The molecule has 6 heteroatoms. The van der Waals surface area contributed by atoms with Gasteiger partial charge in [-0.1, -0.05) is 36.4 Å². The Hall–Kier alpha value is -2.34. The van der Waals surface area contributed by atoms with E-state index in [0.29, 0.717) is 18.4 Å². The molecule has 27 heavy (non-hydrogen) atoms. The highest BCUT2D eigenvalue weighted by Crippen LogP contribution is 2.45. The molecule has 0 unspecified atom stereocenters. The molecule has 0 N–H and O–H groups in total. The Morgan fingerprint density at radius 3 is 2.44 bits per heavy atom. The average Bonchev–Trinajstić information content (AvgIpc) is 3.17. The Balaban J connectivity index is 1.68. The third-order valence-electron chi connectivity index (χ3n) is 5.69. The van der Waals surface area contributed by atoms with E-state index >= 15 is 0 Å². The molecule has 2 saturated heterocycles. The molecule has 142 valence electrons. The summed E-state index contributed by atoms with van der Waals surface area (Å²) in [5.41, 5.74) is 0.350. The molecule has 2 aromatic carbocycles. The third kappa shape index (κ3) is 3.34. The van der Waals surface area contributed by atoms with E-state index in [2.05, 4.69) is 11.9 Å². The Kier molecular flexibility index (Phi) is 4.46. The first kappa shape index (κ1) is 18.0. The van der Waals surface area contributed by atoms with Gasteiger partial charge in [0.1, 0.15) is 0 Å². The summed E-state index contributed by atoms with van der Waals surface area (Å²) >= 11 is 0. The van der Waals surface area contributed by atoms with Crippen molar-refractivity contribution in [2.75, 3.05) is 26.7 Å². The van der Waals surface area contributed by atoms with Crippen LogP contribution in [0.5, 0.6) is 0 Å². The maximum absolute atomic E-state index is 13.2. The van der Waals surface area contributed by atoms with Gasteiger partial charge >= 0.3 is 6.18 Å². The first-order valence-corrected chi connectivity index (χ1v) is 9.06. The molecule has 0 saturated carbocycles. The van der Waals surface area contributed by atoms with Crippen LogP contribution in [0.15, 0.2) is 54.6 Å². The summed E-state index contributed by atoms with van der Waals surface area (Å²) in [7, 11) is 2.07. The molecule has 0 radical (unpaired) electrons. The lowest BCUT2D eigenvalue weighted by Crippen LogP contribution is -2.35. The van der Waals surface area contributed by atoms with Crippen LogP contribution in [0.3, 0.4) is 0 Å². The van der Waals surface area contributed by atoms with Gasteiger partial charge in [-0.25, -0.2) is 0 Å². The second-order valence-corrected chi connectivity index (χ2v) is 7.54. The summed E-state index contributed by atoms with van der Waals surface area (Å²) in [5, 5.41) is 0. The maximum Gasteiger partial charge on any atom is 0.416 e. The average molecular weight is 374 g/mol. The normalized spacial score (nSPS) is 25.6. The summed E-state index contributed by atoms with van der Waals surface area (Å²) < 4.78 is 39.2. The van der Waals surface area contributed by atoms with Gasteiger partial charge in [-0.3, -0.25) is 4.79 Å². The van der Waals surface area contributed by atoms with E-state index in [-0.39, 0.29) is 17.5 Å². The van der Waals surface area contributed by atoms with Crippen molar-refractivity contribution in [3.05, 3.63) is 71.3 Å². The number of halogens is 3. The number of fused-ring (bicyclic) bond motifs is 1. The molecule has 0 spiro atoms. The van der Waals surface area contributed by atoms with Crippen LogP contribution >= 0.6 is 0 Å². The fraction of sp³-hybridized carbons (Fsp3) is 0.381. The summed E-state index contributed by atoms with van der Waals surface area (Å²) in [6.45, 7) is 2.36. The smallest absolute Gasteiger partial charge is 0.331 e. The number of carbonyl (C=O) groups excluding carboxylic acids is 1. The van der Waals surface area contributed by atoms with Crippen molar-refractivity contribution in [3.63, 3.8) is 0 Å². The van der Waals surface area contributed by atoms with Crippen LogP contribution in [0.4, 0.5) is 13.2 Å². The molecule has 2 heterocycles. The quantitative estimate of drug-likeness (QED) is 0.791. The topological polar surface area (TPSA) is 23.6 Å². The minimum atomic E-state index is -4.46. The van der Waals surface area contributed by atoms with Gasteiger partial charge in [-0.05, 0) is 36.7 Å². The molecule has 2 aliphatic heterocycles. The van der Waals surface area contributed by atoms with E-state index in [9.17, 15) is 18.0 Å². The van der Waals surface area contributed by atoms with Crippen LogP contribution in [0.25, 0.3) is 0 Å². The molecule has 3 nitrogen and oxygen atoms in total. The lowest BCUT2D eigenvalue weighted by atomic mass is 9.89. The Morgan fingerprint density at radius 1 is 1.00 bits per heavy atom. The Bertz CT molecular complexity index is 837. The zero-order chi connectivity index (χ0) is 19.2. The summed E-state index contributed by atoms with van der Waals surface area (Å²) in [5.74, 6) is 0.314. The van der Waals surface area contributed by atoms with E-state index < -0.39 is 11.7 Å². The molecule has 2 aromatic rings. The van der Waals surface area contributed by atoms with Crippen LogP contribution in [0.2, 0.25) is 0 Å². The standard InChI is InChI=1S/C21H21F3N2O/c1-25-11-16-12-26(19(18(16)13-25)14-6-3-2-4-7-14)20(27)15-8-5-9-17(10-15)21(22,23)24/h2-10,16,18-19H,11-13H2,1H3/t16-,18-,19+/m0/s1. The van der Waals surface area contributed by atoms with Gasteiger partial charge in [0.2, 0.25) is 0 Å². The number of hydrogen-bond acceptors (Lipinski definition) is 2. The van der Waals surface area contributed by atoms with Crippen molar-refractivity contribution in [1.29, 1.82) is 0 Å². The van der Waals surface area contributed by atoms with Crippen molar-refractivity contribution >= 4 is 5.91 Å². The molecule has 4 rings (SSSR count). The number of rotatable bonds is 2. The van der Waals surface area contributed by atoms with Gasteiger partial charge in [0, 0.05) is 31.1 Å². The van der Waals surface area contributed by atoms with E-state index in [1.807, 2.05) is 30.3 Å². The summed E-state index contributed by atoms with van der Waals surface area (Å²) in [6, 6.07) is 14.4. The molecule has 1 amide bonds. The fourth-order valence-electron chi connectivity index (χ4n) is 4.55. The molecule has 0 aliphatic carbocycles. The number of carbonyl (C=O) groups is 1. The van der Waals surface area contributed by atoms with Gasteiger partial charge in [0.25, 0.3) is 5.91 Å². The first-order chi connectivity index (χ1) is 12.8. The number of hydrogen-bond donors (Lipinski definition) is 0. The van der Waals surface area contributed by atoms with Gasteiger partial charge < -0.3 is 9.80 Å². The first-order valence-electron chi connectivity index (χ1n) is 9.06. The summed E-state index contributed by atoms with van der Waals surface area (Å²) in [4.78, 5) is 17.2. The molecule has 3 atom stereocenters. The van der Waals surface area contributed by atoms with Gasteiger partial charge in [0.05, 0.1) is 11.6 Å². The Morgan fingerprint density at radius 2 is 1.74 bits per heavy atom. The SMILES string of the molecule is CN1C[C@H]2CN(C(=O)c3cccc(C(F)(F)F)c3)[C@H](c3ccccc3)[C@H]2C1. The van der Waals surface area contributed by atoms with Crippen LogP contribution < -0.4 is 0 Å². The highest BCUT2D eigenvalue weighted by atomic mass is 19.4. The minimum absolute atomic E-state index is 0.0964. The maximum atomic E-state index is 13.2. The van der Waals surface area contributed by atoms with E-state index in [0.717, 1.165) is 30.8 Å². The highest BCUT2D eigenvalue weighted by molar-refractivity contribution is 5.95. The predicted octanol–water partition coefficient (Wildman–Crippen LogP) is 4.08. The summed E-state index contributed by atoms with van der Waals surface area (Å²) in [6.07, 6.45) is -4.46. The lowest BCUT2D eigenvalue weighted by Gasteiger charge is -2.29. The van der Waals surface area contributed by atoms with Crippen molar-refractivity contribution < 1.29 is 18.0 Å². The van der Waals surface area contributed by atoms with Crippen LogP contribution in [0, 0.1) is 11.8 Å². The molecule has 2 fully saturated rings. The zero-order valence-electron chi connectivity index (χ0n) is 15.0. The monoisotopic (exact) mass is 374 g/mol. The largest absolute Gasteiger partial charge is 0.416 e. The molecule has 0 bridgehead atoms. The predicted molar refractivity (Wildman–Crippen MR) is 96.1 cm³/mol. The van der Waals surface area contributed by atoms with E-state index in [1.165, 1.54) is 12.1 Å². The molecular weight excluding hydrogens is 353 g/mol. The third-order valence-corrected chi connectivity index (χ3v) is 5.69. The number of likely N-dealkylation sites (tertiary alicyclic amines) is 2. The molecule has 2 aliphatic rings. The molecule has 0 aromatic heterocycles. The van der Waals surface area contributed by atoms with E-state index in [1.54, 1.807) is 4.90 Å². The number of benzene rings is 2. The number of nitrogens with zero attached hydrogens (tertiary/aromatic N) is 2. The van der Waals surface area contributed by atoms with Crippen molar-refractivity contribution in [3.8, 4) is 0 Å². The number of alkyl halides is 3. The van der Waals surface area contributed by atoms with Gasteiger partial charge in [-0.2, -0.15) is 13.2 Å². The minimum Gasteiger partial charge on any atom is -0.331 e. The molecular formula is C21H21F3N2O. The highest BCUT2D eigenvalue weighted by Gasteiger charge is 2.48. The van der Waals surface area contributed by atoms with Crippen molar-refractivity contribution in [2.24, 2.45) is 11.8 Å². The van der Waals surface area contributed by atoms with Crippen molar-refractivity contribution in [1.82, 2.24) is 9.80 Å². The second-order valence-electron chi connectivity index (χ2n) is 7.54. The van der Waals surface area contributed by atoms with Gasteiger partial charge in [0.15, 0.2) is 0 Å². The fourth-order valence-corrected chi connectivity index (χ4v) is 4.55. The number of amides is 1. The zero-order valence-corrected chi connectivity index (χ0v) is 15.0. The van der Waals surface area contributed by atoms with Crippen molar-refractivity contribution in [2.45, 2.75) is 12.2 Å². The van der Waals surface area contributed by atoms with Crippen LogP contribution in [-0.2, 0) is 6.18 Å². The second kappa shape index (κ2) is 6.68.